The van der Waals surface area contributed by atoms with Crippen molar-refractivity contribution in [3.05, 3.63) is 65.0 Å². The summed E-state index contributed by atoms with van der Waals surface area (Å²) in [6, 6.07) is 12.3. The van der Waals surface area contributed by atoms with Gasteiger partial charge < -0.3 is 20.3 Å². The third kappa shape index (κ3) is 5.97. The minimum absolute atomic E-state index is 0.0282. The Morgan fingerprint density at radius 1 is 1.07 bits per heavy atom. The Bertz CT molecular complexity index is 820. The Kier molecular flexibility index (Phi) is 7.80. The highest BCUT2D eigenvalue weighted by Gasteiger charge is 2.08. The number of halogens is 1. The van der Waals surface area contributed by atoms with Crippen LogP contribution in [-0.2, 0) is 13.1 Å². The molecule has 0 aliphatic rings. The zero-order valence-corrected chi connectivity index (χ0v) is 16.8. The van der Waals surface area contributed by atoms with Crippen LogP contribution in [0.3, 0.4) is 0 Å². The minimum Gasteiger partial charge on any atom is -0.491 e. The fourth-order valence-corrected chi connectivity index (χ4v) is 2.54. The third-order valence-corrected chi connectivity index (χ3v) is 4.05. The molecule has 6 nitrogen and oxygen atoms in total. The van der Waals surface area contributed by atoms with Crippen molar-refractivity contribution in [1.82, 2.24) is 15.5 Å². The van der Waals surface area contributed by atoms with Crippen LogP contribution in [0.5, 0.6) is 5.75 Å². The molecule has 2 aromatic rings. The normalized spacial score (nSPS) is 11.1. The standard InChI is InChI=1S/C21H27FN4O2/c1-5-28-19-11-8-16(12-18(19)22)14-25-21(23-2)24-13-15-6-9-17(10-7-15)20(27)26(3)4/h6-12H,5,13-14H2,1-4H3,(H2,23,24,25). The molecule has 28 heavy (non-hydrogen) atoms. The Morgan fingerprint density at radius 3 is 2.21 bits per heavy atom. The molecule has 0 aromatic heterocycles. The van der Waals surface area contributed by atoms with Gasteiger partial charge >= 0.3 is 0 Å². The van der Waals surface area contributed by atoms with Gasteiger partial charge in [0.05, 0.1) is 6.61 Å². The molecule has 0 bridgehead atoms. The van der Waals surface area contributed by atoms with E-state index < -0.39 is 0 Å². The molecule has 1 amide bonds. The van der Waals surface area contributed by atoms with Gasteiger partial charge in [-0.05, 0) is 42.3 Å². The average Bonchev–Trinajstić information content (AvgIpc) is 2.70. The number of guanidine groups is 1. The molecule has 7 heteroatoms. The number of amides is 1. The second-order valence-corrected chi connectivity index (χ2v) is 6.37. The van der Waals surface area contributed by atoms with Crippen LogP contribution >= 0.6 is 0 Å². The molecule has 0 saturated carbocycles. The number of aliphatic imine (C=N–C) groups is 1. The second kappa shape index (κ2) is 10.3. The van der Waals surface area contributed by atoms with Crippen LogP contribution in [0.4, 0.5) is 4.39 Å². The molecule has 0 aliphatic carbocycles. The first kappa shape index (κ1) is 21.2. The highest BCUT2D eigenvalue weighted by molar-refractivity contribution is 5.93. The van der Waals surface area contributed by atoms with Gasteiger partial charge in [0, 0.05) is 39.8 Å². The summed E-state index contributed by atoms with van der Waals surface area (Å²) < 4.78 is 19.1. The third-order valence-electron chi connectivity index (χ3n) is 4.05. The van der Waals surface area contributed by atoms with E-state index in [0.717, 1.165) is 11.1 Å². The lowest BCUT2D eigenvalue weighted by molar-refractivity contribution is 0.0827. The van der Waals surface area contributed by atoms with Gasteiger partial charge in [-0.1, -0.05) is 18.2 Å². The van der Waals surface area contributed by atoms with Gasteiger partial charge in [-0.3, -0.25) is 9.79 Å². The van der Waals surface area contributed by atoms with Crippen molar-refractivity contribution in [2.45, 2.75) is 20.0 Å². The number of ether oxygens (including phenoxy) is 1. The molecular weight excluding hydrogens is 359 g/mol. The molecule has 0 saturated heterocycles. The highest BCUT2D eigenvalue weighted by atomic mass is 19.1. The molecule has 0 spiro atoms. The average molecular weight is 386 g/mol. The smallest absolute Gasteiger partial charge is 0.253 e. The van der Waals surface area contributed by atoms with Crippen LogP contribution in [0, 0.1) is 5.82 Å². The van der Waals surface area contributed by atoms with Crippen molar-refractivity contribution in [2.24, 2.45) is 4.99 Å². The summed E-state index contributed by atoms with van der Waals surface area (Å²) in [4.78, 5) is 17.6. The fourth-order valence-electron chi connectivity index (χ4n) is 2.54. The number of carbonyl (C=O) groups excluding carboxylic acids is 1. The molecule has 0 radical (unpaired) electrons. The van der Waals surface area contributed by atoms with Crippen LogP contribution < -0.4 is 15.4 Å². The topological polar surface area (TPSA) is 66.0 Å². The minimum atomic E-state index is -0.378. The van der Waals surface area contributed by atoms with Gasteiger partial charge in [-0.15, -0.1) is 0 Å². The number of hydrogen-bond acceptors (Lipinski definition) is 3. The summed E-state index contributed by atoms with van der Waals surface area (Å²) in [6.45, 7) is 3.22. The maximum absolute atomic E-state index is 13.9. The van der Waals surface area contributed by atoms with Gasteiger partial charge in [0.2, 0.25) is 0 Å². The Balaban J connectivity index is 1.88. The van der Waals surface area contributed by atoms with Crippen LogP contribution in [-0.4, -0.2) is 44.5 Å². The molecule has 2 N–H and O–H groups in total. The predicted molar refractivity (Wildman–Crippen MR) is 109 cm³/mol. The molecule has 0 atom stereocenters. The van der Waals surface area contributed by atoms with Crippen molar-refractivity contribution in [3.8, 4) is 5.75 Å². The highest BCUT2D eigenvalue weighted by Crippen LogP contribution is 2.18. The molecular formula is C21H27FN4O2. The number of rotatable bonds is 7. The van der Waals surface area contributed by atoms with E-state index in [1.54, 1.807) is 44.2 Å². The molecule has 2 rings (SSSR count). The Morgan fingerprint density at radius 2 is 1.68 bits per heavy atom. The Hall–Kier alpha value is -3.09. The van der Waals surface area contributed by atoms with Gasteiger partial charge in [0.15, 0.2) is 17.5 Å². The van der Waals surface area contributed by atoms with Gasteiger partial charge in [0.1, 0.15) is 0 Å². The molecule has 150 valence electrons. The number of nitrogens with one attached hydrogen (secondary N) is 2. The van der Waals surface area contributed by atoms with Crippen molar-refractivity contribution in [1.29, 1.82) is 0 Å². The number of nitrogens with zero attached hydrogens (tertiary/aromatic N) is 2. The van der Waals surface area contributed by atoms with Crippen molar-refractivity contribution < 1.29 is 13.9 Å². The summed E-state index contributed by atoms with van der Waals surface area (Å²) in [5, 5.41) is 6.35. The summed E-state index contributed by atoms with van der Waals surface area (Å²) in [5.74, 6) is 0.448. The molecule has 0 fully saturated rings. The van der Waals surface area contributed by atoms with E-state index >= 15 is 0 Å². The first-order valence-corrected chi connectivity index (χ1v) is 9.11. The van der Waals surface area contributed by atoms with Gasteiger partial charge in [-0.25, -0.2) is 4.39 Å². The monoisotopic (exact) mass is 386 g/mol. The first-order chi connectivity index (χ1) is 13.4. The predicted octanol–water partition coefficient (Wildman–Crippen LogP) is 2.79. The number of hydrogen-bond donors (Lipinski definition) is 2. The van der Waals surface area contributed by atoms with E-state index in [1.165, 1.54) is 6.07 Å². The zero-order valence-electron chi connectivity index (χ0n) is 16.8. The number of benzene rings is 2. The second-order valence-electron chi connectivity index (χ2n) is 6.37. The van der Waals surface area contributed by atoms with E-state index in [2.05, 4.69) is 15.6 Å². The van der Waals surface area contributed by atoms with Crippen LogP contribution in [0.1, 0.15) is 28.4 Å². The molecule has 0 heterocycles. The lowest BCUT2D eigenvalue weighted by atomic mass is 10.1. The van der Waals surface area contributed by atoms with E-state index in [9.17, 15) is 9.18 Å². The van der Waals surface area contributed by atoms with E-state index in [4.69, 9.17) is 4.74 Å². The summed E-state index contributed by atoms with van der Waals surface area (Å²) >= 11 is 0. The fraction of sp³-hybridized carbons (Fsp3) is 0.333. The summed E-state index contributed by atoms with van der Waals surface area (Å²) in [5.41, 5.74) is 2.45. The maximum atomic E-state index is 13.9. The van der Waals surface area contributed by atoms with Crippen molar-refractivity contribution >= 4 is 11.9 Å². The lowest BCUT2D eigenvalue weighted by Gasteiger charge is -2.13. The van der Waals surface area contributed by atoms with Gasteiger partial charge in [-0.2, -0.15) is 0 Å². The van der Waals surface area contributed by atoms with Crippen LogP contribution in [0.2, 0.25) is 0 Å². The van der Waals surface area contributed by atoms with E-state index in [-0.39, 0.29) is 17.5 Å². The largest absolute Gasteiger partial charge is 0.491 e. The maximum Gasteiger partial charge on any atom is 0.253 e. The number of carbonyl (C=O) groups is 1. The van der Waals surface area contributed by atoms with E-state index in [0.29, 0.717) is 31.2 Å². The zero-order chi connectivity index (χ0) is 20.5. The Labute approximate surface area is 165 Å². The van der Waals surface area contributed by atoms with Crippen molar-refractivity contribution in [3.63, 3.8) is 0 Å². The quantitative estimate of drug-likeness (QED) is 0.567. The molecule has 0 unspecified atom stereocenters. The summed E-state index contributed by atoms with van der Waals surface area (Å²) in [7, 11) is 5.13. The van der Waals surface area contributed by atoms with Crippen molar-refractivity contribution in [2.75, 3.05) is 27.7 Å². The first-order valence-electron chi connectivity index (χ1n) is 9.11. The van der Waals surface area contributed by atoms with Crippen LogP contribution in [0.15, 0.2) is 47.5 Å². The lowest BCUT2D eigenvalue weighted by Crippen LogP contribution is -2.36. The van der Waals surface area contributed by atoms with Crippen LogP contribution in [0.25, 0.3) is 0 Å². The van der Waals surface area contributed by atoms with Gasteiger partial charge in [0.25, 0.3) is 5.91 Å². The molecule has 2 aromatic carbocycles. The summed E-state index contributed by atoms with van der Waals surface area (Å²) in [6.07, 6.45) is 0. The molecule has 0 aliphatic heterocycles. The SMILES string of the molecule is CCOc1ccc(CNC(=NC)NCc2ccc(C(=O)N(C)C)cc2)cc1F. The van der Waals surface area contributed by atoms with E-state index in [1.807, 2.05) is 25.1 Å².